The third-order valence-electron chi connectivity index (χ3n) is 5.77. The molecule has 0 aliphatic heterocycles. The molecule has 0 atom stereocenters. The van der Waals surface area contributed by atoms with E-state index < -0.39 is 17.7 Å². The Hall–Kier alpha value is -4.05. The third kappa shape index (κ3) is 6.25. The van der Waals surface area contributed by atoms with Gasteiger partial charge in [-0.2, -0.15) is 0 Å². The molecule has 2 amide bonds. The number of urea groups is 1. The van der Waals surface area contributed by atoms with Crippen molar-refractivity contribution in [2.75, 3.05) is 31.8 Å². The van der Waals surface area contributed by atoms with Crippen LogP contribution in [0.4, 0.5) is 19.3 Å². The van der Waals surface area contributed by atoms with Crippen LogP contribution in [0.1, 0.15) is 6.92 Å². The summed E-state index contributed by atoms with van der Waals surface area (Å²) in [7, 11) is 3.26. The van der Waals surface area contributed by atoms with Gasteiger partial charge in [0, 0.05) is 36.0 Å². The molecule has 4 rings (SSSR count). The molecule has 198 valence electrons. The summed E-state index contributed by atoms with van der Waals surface area (Å²) in [5, 5.41) is 5.89. The lowest BCUT2D eigenvalue weighted by molar-refractivity contribution is 0.252. The van der Waals surface area contributed by atoms with Crippen LogP contribution >= 0.6 is 11.8 Å². The van der Waals surface area contributed by atoms with E-state index in [-0.39, 0.29) is 5.69 Å². The van der Waals surface area contributed by atoms with Gasteiger partial charge in [-0.25, -0.2) is 18.6 Å². The molecule has 2 N–H and O–H groups in total. The number of anilines is 1. The Morgan fingerprint density at radius 1 is 0.947 bits per heavy atom. The molecule has 0 radical (unpaired) electrons. The lowest BCUT2D eigenvalue weighted by Gasteiger charge is -2.12. The second kappa shape index (κ2) is 12.5. The lowest BCUT2D eigenvalue weighted by atomic mass is 10.0. The second-order valence-corrected chi connectivity index (χ2v) is 9.21. The lowest BCUT2D eigenvalue weighted by Crippen LogP contribution is -2.30. The van der Waals surface area contributed by atoms with Gasteiger partial charge < -0.3 is 24.7 Å². The first kappa shape index (κ1) is 27.0. The fourth-order valence-corrected chi connectivity index (χ4v) is 4.81. The Bertz CT molecular complexity index is 1390. The maximum absolute atomic E-state index is 13.8. The maximum atomic E-state index is 13.8. The number of hydrogen-bond acceptors (Lipinski definition) is 5. The number of carbonyl (C=O) groups excluding carboxylic acids is 1. The summed E-state index contributed by atoms with van der Waals surface area (Å²) in [5.41, 5.74) is 3.66. The molecule has 0 aliphatic rings. The number of halogens is 2. The smallest absolute Gasteiger partial charge is 0.319 e. The van der Waals surface area contributed by atoms with E-state index in [1.54, 1.807) is 14.2 Å². The van der Waals surface area contributed by atoms with Gasteiger partial charge in [0.05, 0.1) is 31.3 Å². The molecule has 0 unspecified atom stereocenters. The Kier molecular flexibility index (Phi) is 8.85. The van der Waals surface area contributed by atoms with Crippen LogP contribution in [0.3, 0.4) is 0 Å². The van der Waals surface area contributed by atoms with Gasteiger partial charge in [-0.1, -0.05) is 11.8 Å². The molecule has 1 aromatic heterocycles. The highest BCUT2D eigenvalue weighted by Crippen LogP contribution is 2.37. The summed E-state index contributed by atoms with van der Waals surface area (Å²) in [6.45, 7) is 3.05. The fourth-order valence-electron chi connectivity index (χ4n) is 3.89. The molecule has 4 aromatic rings. The second-order valence-electron chi connectivity index (χ2n) is 8.15. The van der Waals surface area contributed by atoms with Gasteiger partial charge in [-0.05, 0) is 67.6 Å². The number of thioether (sulfide) groups is 1. The van der Waals surface area contributed by atoms with E-state index in [0.717, 1.165) is 51.3 Å². The minimum Gasteiger partial charge on any atom is -0.497 e. The number of ether oxygens (including phenoxy) is 2. The molecule has 1 heterocycles. The first-order chi connectivity index (χ1) is 18.4. The van der Waals surface area contributed by atoms with Crippen molar-refractivity contribution in [1.29, 1.82) is 0 Å². The number of amides is 2. The predicted molar refractivity (Wildman–Crippen MR) is 146 cm³/mol. The first-order valence-electron chi connectivity index (χ1n) is 12.0. The summed E-state index contributed by atoms with van der Waals surface area (Å²) < 4.78 is 39.6. The highest BCUT2D eigenvalue weighted by Gasteiger charge is 2.20. The topological polar surface area (TPSA) is 77.4 Å². The number of hydrogen-bond donors (Lipinski definition) is 2. The van der Waals surface area contributed by atoms with E-state index in [4.69, 9.17) is 14.5 Å². The van der Waals surface area contributed by atoms with Crippen molar-refractivity contribution in [3.8, 4) is 34.0 Å². The van der Waals surface area contributed by atoms with Gasteiger partial charge in [0.25, 0.3) is 0 Å². The predicted octanol–water partition coefficient (Wildman–Crippen LogP) is 6.45. The Labute approximate surface area is 224 Å². The number of rotatable bonds is 10. The molecular formula is C28H28F2N4O3S. The maximum Gasteiger partial charge on any atom is 0.319 e. The Balaban J connectivity index is 1.52. The van der Waals surface area contributed by atoms with Crippen molar-refractivity contribution in [3.63, 3.8) is 0 Å². The number of nitrogens with one attached hydrogen (secondary N) is 2. The number of imidazole rings is 1. The van der Waals surface area contributed by atoms with Crippen LogP contribution in [0.15, 0.2) is 71.9 Å². The van der Waals surface area contributed by atoms with Crippen molar-refractivity contribution in [1.82, 2.24) is 14.9 Å². The van der Waals surface area contributed by atoms with E-state index in [1.807, 2.05) is 48.5 Å². The quantitative estimate of drug-likeness (QED) is 0.179. The van der Waals surface area contributed by atoms with Crippen molar-refractivity contribution >= 4 is 23.5 Å². The third-order valence-corrected chi connectivity index (χ3v) is 6.75. The molecule has 10 heteroatoms. The molecule has 0 spiro atoms. The molecule has 0 fully saturated rings. The first-order valence-corrected chi connectivity index (χ1v) is 12.9. The van der Waals surface area contributed by atoms with E-state index in [1.165, 1.54) is 17.8 Å². The van der Waals surface area contributed by atoms with Gasteiger partial charge in [-0.15, -0.1) is 0 Å². The summed E-state index contributed by atoms with van der Waals surface area (Å²) in [5.74, 6) is 0.507. The van der Waals surface area contributed by atoms with Crippen molar-refractivity contribution < 1.29 is 23.0 Å². The zero-order chi connectivity index (χ0) is 27.1. The molecule has 0 bridgehead atoms. The molecule has 0 saturated carbocycles. The SMILES string of the molecule is CCn1c(SCCNC(=O)Nc2ccc(F)cc2F)nc(-c2ccc(OC)cc2)c1-c1ccc(OC)cc1. The van der Waals surface area contributed by atoms with Gasteiger partial charge in [0.2, 0.25) is 0 Å². The van der Waals surface area contributed by atoms with Gasteiger partial charge in [-0.3, -0.25) is 0 Å². The van der Waals surface area contributed by atoms with Crippen LogP contribution < -0.4 is 20.1 Å². The molecular weight excluding hydrogens is 510 g/mol. The van der Waals surface area contributed by atoms with Crippen LogP contribution in [0.25, 0.3) is 22.5 Å². The monoisotopic (exact) mass is 538 g/mol. The number of aromatic nitrogens is 2. The number of benzene rings is 3. The number of carbonyl (C=O) groups is 1. The van der Waals surface area contributed by atoms with E-state index >= 15 is 0 Å². The average Bonchev–Trinajstić information content (AvgIpc) is 3.31. The summed E-state index contributed by atoms with van der Waals surface area (Å²) in [6.07, 6.45) is 0. The normalized spacial score (nSPS) is 10.8. The number of methoxy groups -OCH3 is 2. The van der Waals surface area contributed by atoms with Crippen LogP contribution in [0, 0.1) is 11.6 Å². The van der Waals surface area contributed by atoms with Gasteiger partial charge in [0.1, 0.15) is 23.1 Å². The van der Waals surface area contributed by atoms with Crippen LogP contribution in [0.2, 0.25) is 0 Å². The minimum atomic E-state index is -0.836. The Morgan fingerprint density at radius 3 is 2.16 bits per heavy atom. The van der Waals surface area contributed by atoms with Crippen molar-refractivity contribution in [2.24, 2.45) is 0 Å². The average molecular weight is 539 g/mol. The zero-order valence-electron chi connectivity index (χ0n) is 21.3. The van der Waals surface area contributed by atoms with Crippen LogP contribution in [-0.4, -0.2) is 42.1 Å². The molecule has 3 aromatic carbocycles. The molecule has 0 aliphatic carbocycles. The molecule has 7 nitrogen and oxygen atoms in total. The van der Waals surface area contributed by atoms with E-state index in [2.05, 4.69) is 22.1 Å². The molecule has 38 heavy (non-hydrogen) atoms. The van der Waals surface area contributed by atoms with Gasteiger partial charge in [0.15, 0.2) is 5.16 Å². The largest absolute Gasteiger partial charge is 0.497 e. The zero-order valence-corrected chi connectivity index (χ0v) is 22.1. The van der Waals surface area contributed by atoms with Crippen molar-refractivity contribution in [3.05, 3.63) is 78.4 Å². The summed E-state index contributed by atoms with van der Waals surface area (Å²) in [4.78, 5) is 17.2. The number of nitrogens with zero attached hydrogens (tertiary/aromatic N) is 2. The summed E-state index contributed by atoms with van der Waals surface area (Å²) in [6, 6.07) is 18.0. The standard InChI is InChI=1S/C28H28F2N4O3S/c1-4-34-26(19-7-12-22(37-3)13-8-19)25(18-5-10-21(36-2)11-6-18)33-28(34)38-16-15-31-27(35)32-24-14-9-20(29)17-23(24)30/h5-14,17H,4,15-16H2,1-3H3,(H2,31,32,35). The highest BCUT2D eigenvalue weighted by atomic mass is 32.2. The highest BCUT2D eigenvalue weighted by molar-refractivity contribution is 7.99. The summed E-state index contributed by atoms with van der Waals surface area (Å²) >= 11 is 1.50. The minimum absolute atomic E-state index is 0.0913. The van der Waals surface area contributed by atoms with Crippen molar-refractivity contribution in [2.45, 2.75) is 18.6 Å². The Morgan fingerprint density at radius 2 is 1.58 bits per heavy atom. The fraction of sp³-hybridized carbons (Fsp3) is 0.214. The van der Waals surface area contributed by atoms with Crippen LogP contribution in [0.5, 0.6) is 11.5 Å². The van der Waals surface area contributed by atoms with Crippen LogP contribution in [-0.2, 0) is 6.54 Å². The van der Waals surface area contributed by atoms with Gasteiger partial charge >= 0.3 is 6.03 Å². The van der Waals surface area contributed by atoms with E-state index in [0.29, 0.717) is 18.8 Å². The van der Waals surface area contributed by atoms with E-state index in [9.17, 15) is 13.6 Å². The molecule has 0 saturated heterocycles.